The Bertz CT molecular complexity index is 308. The van der Waals surface area contributed by atoms with Gasteiger partial charge in [0.2, 0.25) is 0 Å². The molecule has 0 saturated carbocycles. The molecule has 0 aromatic heterocycles. The van der Waals surface area contributed by atoms with Gasteiger partial charge in [0, 0.05) is 20.0 Å². The highest BCUT2D eigenvalue weighted by Crippen LogP contribution is 2.15. The number of carbonyl (C=O) groups is 2. The zero-order chi connectivity index (χ0) is 15.1. The summed E-state index contributed by atoms with van der Waals surface area (Å²) in [5.74, 6) is -0.801. The van der Waals surface area contributed by atoms with Gasteiger partial charge in [-0.1, -0.05) is 6.92 Å². The van der Waals surface area contributed by atoms with Crippen molar-refractivity contribution in [3.63, 3.8) is 0 Å². The minimum Gasteiger partial charge on any atom is -0.481 e. The lowest BCUT2D eigenvalue weighted by Crippen LogP contribution is -2.42. The van der Waals surface area contributed by atoms with E-state index < -0.39 is 24.7 Å². The number of hydrogen-bond acceptors (Lipinski definition) is 2. The Morgan fingerprint density at radius 1 is 1.32 bits per heavy atom. The molecule has 0 aliphatic heterocycles. The Labute approximate surface area is 109 Å². The minimum absolute atomic E-state index is 0.0447. The van der Waals surface area contributed by atoms with Crippen LogP contribution in [0.3, 0.4) is 0 Å². The summed E-state index contributed by atoms with van der Waals surface area (Å²) in [6, 6.07) is -0.789. The third kappa shape index (κ3) is 10.2. The Morgan fingerprint density at radius 3 is 2.37 bits per heavy atom. The van der Waals surface area contributed by atoms with E-state index >= 15 is 0 Å². The van der Waals surface area contributed by atoms with Crippen LogP contribution < -0.4 is 5.32 Å². The Kier molecular flexibility index (Phi) is 7.25. The van der Waals surface area contributed by atoms with Crippen molar-refractivity contribution < 1.29 is 27.9 Å². The number of carbonyl (C=O) groups excluding carboxylic acids is 1. The fourth-order valence-corrected chi connectivity index (χ4v) is 1.42. The quantitative estimate of drug-likeness (QED) is 0.752. The van der Waals surface area contributed by atoms with Crippen LogP contribution in [-0.2, 0) is 4.79 Å². The maximum absolute atomic E-state index is 12.0. The summed E-state index contributed by atoms with van der Waals surface area (Å²) < 4.78 is 36.0. The molecule has 2 amide bonds. The monoisotopic (exact) mass is 284 g/mol. The number of aliphatic carboxylic acids is 1. The van der Waals surface area contributed by atoms with Crippen molar-refractivity contribution in [2.75, 3.05) is 20.1 Å². The molecule has 5 nitrogen and oxygen atoms in total. The molecule has 0 aliphatic carbocycles. The zero-order valence-corrected chi connectivity index (χ0v) is 11.0. The molecular weight excluding hydrogens is 265 g/mol. The highest BCUT2D eigenvalue weighted by atomic mass is 19.4. The second-order valence-electron chi connectivity index (χ2n) is 4.53. The number of halogens is 3. The third-order valence-corrected chi connectivity index (χ3v) is 2.53. The second kappa shape index (κ2) is 7.85. The molecule has 0 aromatic rings. The van der Waals surface area contributed by atoms with E-state index in [9.17, 15) is 22.8 Å². The molecule has 0 bridgehead atoms. The first-order valence-electron chi connectivity index (χ1n) is 5.89. The molecule has 19 heavy (non-hydrogen) atoms. The predicted molar refractivity (Wildman–Crippen MR) is 62.7 cm³/mol. The Hall–Kier alpha value is -1.47. The normalized spacial score (nSPS) is 12.9. The van der Waals surface area contributed by atoms with Crippen LogP contribution in [-0.4, -0.2) is 48.3 Å². The van der Waals surface area contributed by atoms with Crippen molar-refractivity contribution in [2.24, 2.45) is 5.92 Å². The smallest absolute Gasteiger partial charge is 0.406 e. The molecule has 0 radical (unpaired) electrons. The lowest BCUT2D eigenvalue weighted by Gasteiger charge is -2.20. The molecule has 0 aliphatic rings. The van der Waals surface area contributed by atoms with Gasteiger partial charge in [0.15, 0.2) is 0 Å². The Morgan fingerprint density at radius 2 is 1.89 bits per heavy atom. The van der Waals surface area contributed by atoms with Gasteiger partial charge >= 0.3 is 18.2 Å². The molecule has 8 heteroatoms. The molecule has 0 aromatic carbocycles. The first-order valence-corrected chi connectivity index (χ1v) is 5.89. The van der Waals surface area contributed by atoms with Crippen molar-refractivity contribution >= 4 is 12.0 Å². The first kappa shape index (κ1) is 17.5. The number of urea groups is 1. The molecule has 2 N–H and O–H groups in total. The molecule has 0 saturated heterocycles. The van der Waals surface area contributed by atoms with Crippen LogP contribution in [0.5, 0.6) is 0 Å². The predicted octanol–water partition coefficient (Wildman–Crippen LogP) is 2.08. The number of alkyl halides is 3. The molecule has 0 fully saturated rings. The third-order valence-electron chi connectivity index (χ3n) is 2.53. The highest BCUT2D eigenvalue weighted by Gasteiger charge is 2.31. The maximum atomic E-state index is 12.0. The molecule has 1 unspecified atom stereocenters. The number of rotatable bonds is 7. The van der Waals surface area contributed by atoms with Crippen molar-refractivity contribution in [1.29, 1.82) is 0 Å². The lowest BCUT2D eigenvalue weighted by atomic mass is 10.0. The average molecular weight is 284 g/mol. The molecule has 0 rings (SSSR count). The van der Waals surface area contributed by atoms with E-state index in [1.165, 1.54) is 0 Å². The van der Waals surface area contributed by atoms with Crippen LogP contribution in [0.4, 0.5) is 18.0 Å². The van der Waals surface area contributed by atoms with Gasteiger partial charge in [0.1, 0.15) is 6.54 Å². The van der Waals surface area contributed by atoms with Gasteiger partial charge in [-0.2, -0.15) is 13.2 Å². The van der Waals surface area contributed by atoms with E-state index in [0.29, 0.717) is 17.7 Å². The topological polar surface area (TPSA) is 69.6 Å². The van der Waals surface area contributed by atoms with Gasteiger partial charge in [0.25, 0.3) is 0 Å². The first-order chi connectivity index (χ1) is 8.61. The van der Waals surface area contributed by atoms with Crippen molar-refractivity contribution in [3.05, 3.63) is 0 Å². The van der Waals surface area contributed by atoms with Gasteiger partial charge in [-0.3, -0.25) is 4.79 Å². The van der Waals surface area contributed by atoms with Gasteiger partial charge in [-0.15, -0.1) is 0 Å². The minimum atomic E-state index is -4.42. The molecule has 1 atom stereocenters. The van der Waals surface area contributed by atoms with Gasteiger partial charge in [-0.25, -0.2) is 4.79 Å². The van der Waals surface area contributed by atoms with Crippen LogP contribution in [0.25, 0.3) is 0 Å². The summed E-state index contributed by atoms with van der Waals surface area (Å²) in [7, 11) is 1.07. The van der Waals surface area contributed by atoms with Crippen LogP contribution >= 0.6 is 0 Å². The van der Waals surface area contributed by atoms with E-state index in [4.69, 9.17) is 5.11 Å². The fraction of sp³-hybridized carbons (Fsp3) is 0.818. The SMILES string of the molecule is CC(CCNC(=O)N(C)CC(F)(F)F)CCC(=O)O. The summed E-state index contributed by atoms with van der Waals surface area (Å²) >= 11 is 0. The van der Waals surface area contributed by atoms with E-state index in [-0.39, 0.29) is 18.9 Å². The van der Waals surface area contributed by atoms with Crippen LogP contribution in [0.2, 0.25) is 0 Å². The summed E-state index contributed by atoms with van der Waals surface area (Å²) in [6.07, 6.45) is -3.37. The van der Waals surface area contributed by atoms with E-state index in [0.717, 1.165) is 7.05 Å². The summed E-state index contributed by atoms with van der Waals surface area (Å²) in [5.41, 5.74) is 0. The zero-order valence-electron chi connectivity index (χ0n) is 11.0. The maximum Gasteiger partial charge on any atom is 0.406 e. The number of carboxylic acid groups (broad SMARTS) is 1. The number of nitrogens with one attached hydrogen (secondary N) is 1. The highest BCUT2D eigenvalue weighted by molar-refractivity contribution is 5.73. The number of carboxylic acids is 1. The van der Waals surface area contributed by atoms with Crippen LogP contribution in [0.1, 0.15) is 26.2 Å². The number of nitrogens with zero attached hydrogens (tertiary/aromatic N) is 1. The lowest BCUT2D eigenvalue weighted by molar-refractivity contribution is -0.138. The van der Waals surface area contributed by atoms with Crippen molar-refractivity contribution in [2.45, 2.75) is 32.4 Å². The number of hydrogen-bond donors (Lipinski definition) is 2. The van der Waals surface area contributed by atoms with E-state index in [1.54, 1.807) is 0 Å². The van der Waals surface area contributed by atoms with Gasteiger partial charge in [0.05, 0.1) is 0 Å². The van der Waals surface area contributed by atoms with Gasteiger partial charge in [-0.05, 0) is 18.8 Å². The standard InChI is InChI=1S/C11H19F3N2O3/c1-8(3-4-9(17)18)5-6-15-10(19)16(2)7-11(12,13)14/h8H,3-7H2,1-2H3,(H,15,19)(H,17,18). The summed E-state index contributed by atoms with van der Waals surface area (Å²) in [5, 5.41) is 10.8. The van der Waals surface area contributed by atoms with E-state index in [2.05, 4.69) is 5.32 Å². The molecule has 0 spiro atoms. The van der Waals surface area contributed by atoms with Crippen LogP contribution in [0.15, 0.2) is 0 Å². The summed E-state index contributed by atoms with van der Waals surface area (Å²) in [4.78, 5) is 22.2. The van der Waals surface area contributed by atoms with Crippen molar-refractivity contribution in [3.8, 4) is 0 Å². The summed E-state index contributed by atoms with van der Waals surface area (Å²) in [6.45, 7) is 0.754. The van der Waals surface area contributed by atoms with E-state index in [1.807, 2.05) is 6.92 Å². The van der Waals surface area contributed by atoms with Gasteiger partial charge < -0.3 is 15.3 Å². The molecule has 112 valence electrons. The second-order valence-corrected chi connectivity index (χ2v) is 4.53. The van der Waals surface area contributed by atoms with Crippen LogP contribution in [0, 0.1) is 5.92 Å². The molecule has 0 heterocycles. The average Bonchev–Trinajstić information content (AvgIpc) is 2.23. The largest absolute Gasteiger partial charge is 0.481 e. The number of amides is 2. The van der Waals surface area contributed by atoms with Crippen molar-refractivity contribution in [1.82, 2.24) is 10.2 Å². The fourth-order valence-electron chi connectivity index (χ4n) is 1.42. The Balaban J connectivity index is 3.82. The molecular formula is C11H19F3N2O3.